The van der Waals surface area contributed by atoms with Gasteiger partial charge in [0, 0.05) is 38.3 Å². The minimum absolute atomic E-state index is 0.139. The highest BCUT2D eigenvalue weighted by Crippen LogP contribution is 2.36. The van der Waals surface area contributed by atoms with Crippen molar-refractivity contribution >= 4 is 0 Å². The molecule has 1 aliphatic carbocycles. The summed E-state index contributed by atoms with van der Waals surface area (Å²) in [6.07, 6.45) is 7.41. The molecule has 1 N–H and O–H groups in total. The van der Waals surface area contributed by atoms with Gasteiger partial charge >= 0.3 is 0 Å². The lowest BCUT2D eigenvalue weighted by atomic mass is 9.89. The smallest absolute Gasteiger partial charge is 0.168 e. The summed E-state index contributed by atoms with van der Waals surface area (Å²) >= 11 is 0. The molecule has 0 unspecified atom stereocenters. The third kappa shape index (κ3) is 3.47. The first-order valence-corrected chi connectivity index (χ1v) is 8.92. The molecule has 1 aromatic heterocycles. The summed E-state index contributed by atoms with van der Waals surface area (Å²) < 4.78 is 27.4. The topological polar surface area (TPSA) is 48.3 Å². The Kier molecular flexibility index (Phi) is 4.58. The third-order valence-corrected chi connectivity index (χ3v) is 5.26. The Balaban J connectivity index is 1.52. The summed E-state index contributed by atoms with van der Waals surface area (Å²) in [5, 5.41) is 3.69. The van der Waals surface area contributed by atoms with Crippen LogP contribution in [0.15, 0.2) is 36.7 Å². The maximum Gasteiger partial charge on any atom is 0.168 e. The summed E-state index contributed by atoms with van der Waals surface area (Å²) in [5.74, 6) is 0.295. The molecule has 0 bridgehead atoms. The zero-order chi connectivity index (χ0) is 17.3. The van der Waals surface area contributed by atoms with E-state index in [-0.39, 0.29) is 17.6 Å². The van der Waals surface area contributed by atoms with Crippen molar-refractivity contribution in [2.75, 3.05) is 13.2 Å². The Hall–Kier alpha value is -1.76. The zero-order valence-electron chi connectivity index (χ0n) is 14.5. The molecule has 1 aromatic carbocycles. The van der Waals surface area contributed by atoms with Crippen LogP contribution in [0.3, 0.4) is 0 Å². The molecular formula is C19H24FN3O2. The van der Waals surface area contributed by atoms with Gasteiger partial charge in [-0.25, -0.2) is 9.37 Å². The van der Waals surface area contributed by atoms with Crippen LogP contribution in [0.5, 0.6) is 0 Å². The van der Waals surface area contributed by atoms with Gasteiger partial charge < -0.3 is 19.4 Å². The summed E-state index contributed by atoms with van der Waals surface area (Å²) in [4.78, 5) is 4.49. The minimum atomic E-state index is -0.365. The van der Waals surface area contributed by atoms with Crippen molar-refractivity contribution in [3.8, 4) is 0 Å². The van der Waals surface area contributed by atoms with E-state index >= 15 is 0 Å². The second-order valence-corrected chi connectivity index (χ2v) is 6.93. The number of hydrogen-bond acceptors (Lipinski definition) is 4. The van der Waals surface area contributed by atoms with Crippen LogP contribution in [-0.2, 0) is 16.5 Å². The molecule has 1 atom stereocenters. The Bertz CT molecular complexity index is 717. The van der Waals surface area contributed by atoms with Crippen molar-refractivity contribution in [1.29, 1.82) is 0 Å². The predicted octanol–water partition coefficient (Wildman–Crippen LogP) is 2.92. The predicted molar refractivity (Wildman–Crippen MR) is 91.5 cm³/mol. The molecule has 2 fully saturated rings. The number of benzene rings is 1. The number of aromatic nitrogens is 2. The Morgan fingerprint density at radius 3 is 2.68 bits per heavy atom. The maximum absolute atomic E-state index is 13.8. The molecule has 2 aromatic rings. The number of imidazole rings is 1. The van der Waals surface area contributed by atoms with Gasteiger partial charge in [0.05, 0.1) is 19.3 Å². The summed E-state index contributed by atoms with van der Waals surface area (Å²) in [7, 11) is 1.96. The molecule has 0 radical (unpaired) electrons. The number of ether oxygens (including phenoxy) is 2. The number of nitrogens with zero attached hydrogens (tertiary/aromatic N) is 2. The van der Waals surface area contributed by atoms with Crippen LogP contribution in [0.4, 0.5) is 4.39 Å². The van der Waals surface area contributed by atoms with Crippen molar-refractivity contribution in [1.82, 2.24) is 14.9 Å². The molecule has 1 spiro atoms. The molecule has 1 saturated carbocycles. The highest BCUT2D eigenvalue weighted by atomic mass is 19.1. The van der Waals surface area contributed by atoms with Crippen LogP contribution in [0.1, 0.15) is 43.1 Å². The second-order valence-electron chi connectivity index (χ2n) is 6.93. The average Bonchev–Trinajstić information content (AvgIpc) is 3.24. The van der Waals surface area contributed by atoms with E-state index in [4.69, 9.17) is 9.47 Å². The zero-order valence-corrected chi connectivity index (χ0v) is 14.5. The highest BCUT2D eigenvalue weighted by Gasteiger charge is 2.40. The minimum Gasteiger partial charge on any atom is -0.348 e. The molecule has 134 valence electrons. The number of rotatable bonds is 4. The van der Waals surface area contributed by atoms with Gasteiger partial charge in [-0.05, 0) is 30.5 Å². The lowest BCUT2D eigenvalue weighted by Gasteiger charge is -2.37. The van der Waals surface area contributed by atoms with E-state index in [0.717, 1.165) is 37.1 Å². The summed E-state index contributed by atoms with van der Waals surface area (Å²) in [6, 6.07) is 6.93. The first kappa shape index (κ1) is 16.7. The van der Waals surface area contributed by atoms with Crippen molar-refractivity contribution < 1.29 is 13.9 Å². The molecule has 2 aliphatic rings. The van der Waals surface area contributed by atoms with Crippen molar-refractivity contribution in [2.24, 2.45) is 7.05 Å². The number of nitrogens with one attached hydrogen (secondary N) is 1. The standard InChI is InChI=1S/C19H24FN3O2/c1-23-10-9-21-18(23)17(14-3-2-4-15(20)13-14)22-16-5-7-19(8-6-16)24-11-12-25-19/h2-4,9-10,13,16-17,22H,5-8,11-12H2,1H3/t17-/m0/s1. The van der Waals surface area contributed by atoms with E-state index in [1.165, 1.54) is 6.07 Å². The molecule has 1 saturated heterocycles. The van der Waals surface area contributed by atoms with Crippen LogP contribution in [0.25, 0.3) is 0 Å². The van der Waals surface area contributed by atoms with E-state index in [0.29, 0.717) is 19.3 Å². The Labute approximate surface area is 147 Å². The largest absolute Gasteiger partial charge is 0.348 e. The van der Waals surface area contributed by atoms with Gasteiger partial charge in [-0.3, -0.25) is 0 Å². The fourth-order valence-electron chi connectivity index (χ4n) is 3.91. The lowest BCUT2D eigenvalue weighted by molar-refractivity contribution is -0.179. The molecule has 4 rings (SSSR count). The normalized spacial score (nSPS) is 21.7. The van der Waals surface area contributed by atoms with Crippen LogP contribution in [-0.4, -0.2) is 34.6 Å². The van der Waals surface area contributed by atoms with Gasteiger partial charge in [0.1, 0.15) is 11.6 Å². The maximum atomic E-state index is 13.8. The van der Waals surface area contributed by atoms with Gasteiger partial charge in [0.2, 0.25) is 0 Å². The van der Waals surface area contributed by atoms with E-state index in [9.17, 15) is 4.39 Å². The SMILES string of the molecule is Cn1ccnc1[C@@H](NC1CCC2(CC1)OCCO2)c1cccc(F)c1. The van der Waals surface area contributed by atoms with Gasteiger partial charge in [-0.2, -0.15) is 0 Å². The Morgan fingerprint density at radius 2 is 2.04 bits per heavy atom. The molecule has 2 heterocycles. The average molecular weight is 345 g/mol. The van der Waals surface area contributed by atoms with E-state index in [2.05, 4.69) is 10.3 Å². The lowest BCUT2D eigenvalue weighted by Crippen LogP contribution is -2.43. The van der Waals surface area contributed by atoms with Gasteiger partial charge in [-0.15, -0.1) is 0 Å². The van der Waals surface area contributed by atoms with E-state index in [1.54, 1.807) is 18.3 Å². The third-order valence-electron chi connectivity index (χ3n) is 5.26. The molecular weight excluding hydrogens is 321 g/mol. The van der Waals surface area contributed by atoms with Gasteiger partial charge in [-0.1, -0.05) is 12.1 Å². The fourth-order valence-corrected chi connectivity index (χ4v) is 3.91. The molecule has 1 aliphatic heterocycles. The molecule has 25 heavy (non-hydrogen) atoms. The molecule has 0 amide bonds. The van der Waals surface area contributed by atoms with Crippen molar-refractivity contribution in [3.63, 3.8) is 0 Å². The molecule has 5 nitrogen and oxygen atoms in total. The van der Waals surface area contributed by atoms with Gasteiger partial charge in [0.15, 0.2) is 5.79 Å². The Morgan fingerprint density at radius 1 is 1.28 bits per heavy atom. The highest BCUT2D eigenvalue weighted by molar-refractivity contribution is 5.26. The second kappa shape index (κ2) is 6.86. The van der Waals surface area contributed by atoms with Crippen LogP contribution in [0, 0.1) is 5.82 Å². The van der Waals surface area contributed by atoms with Crippen molar-refractivity contribution in [3.05, 3.63) is 53.9 Å². The van der Waals surface area contributed by atoms with Crippen LogP contribution in [0.2, 0.25) is 0 Å². The van der Waals surface area contributed by atoms with Crippen LogP contribution < -0.4 is 5.32 Å². The van der Waals surface area contributed by atoms with Crippen LogP contribution >= 0.6 is 0 Å². The number of halogens is 1. The quantitative estimate of drug-likeness (QED) is 0.926. The monoisotopic (exact) mass is 345 g/mol. The fraction of sp³-hybridized carbons (Fsp3) is 0.526. The first-order chi connectivity index (χ1) is 12.2. The van der Waals surface area contributed by atoms with Gasteiger partial charge in [0.25, 0.3) is 0 Å². The van der Waals surface area contributed by atoms with E-state index < -0.39 is 0 Å². The first-order valence-electron chi connectivity index (χ1n) is 8.92. The summed E-state index contributed by atoms with van der Waals surface area (Å²) in [6.45, 7) is 1.38. The van der Waals surface area contributed by atoms with Crippen molar-refractivity contribution in [2.45, 2.75) is 43.6 Å². The molecule has 6 heteroatoms. The summed E-state index contributed by atoms with van der Waals surface area (Å²) in [5.41, 5.74) is 0.892. The number of hydrogen-bond donors (Lipinski definition) is 1. The van der Waals surface area contributed by atoms with E-state index in [1.807, 2.05) is 23.9 Å². The number of aryl methyl sites for hydroxylation is 1.